The number of alkyl halides is 1. The summed E-state index contributed by atoms with van der Waals surface area (Å²) in [6, 6.07) is 0. The van der Waals surface area contributed by atoms with Gasteiger partial charge in [0.05, 0.1) is 7.29 Å². The third-order valence-corrected chi connectivity index (χ3v) is 0.567. The molecule has 0 aliphatic heterocycles. The lowest BCUT2D eigenvalue weighted by atomic mass is 10.6. The van der Waals surface area contributed by atoms with Gasteiger partial charge in [0.1, 0.15) is 0 Å². The van der Waals surface area contributed by atoms with Crippen LogP contribution in [0.5, 0.6) is 0 Å². The fourth-order valence-electron chi connectivity index (χ4n) is 0. The highest BCUT2D eigenvalue weighted by Crippen LogP contribution is 2.19. The highest BCUT2D eigenvalue weighted by atomic mass is 35.9. The lowest BCUT2D eigenvalue weighted by molar-refractivity contribution is 1.10. The molecule has 0 nitrogen and oxygen atoms in total. The Balaban J connectivity index is 0. The van der Waals surface area contributed by atoms with Crippen molar-refractivity contribution in [3.8, 4) is 0 Å². The first-order valence-electron chi connectivity index (χ1n) is 1.85. The molecular weight excluding hydrogens is 173 g/mol. The molecule has 46 valence electrons. The maximum Gasteiger partial charge on any atom is 0.0713 e. The van der Waals surface area contributed by atoms with Crippen molar-refractivity contribution in [2.45, 2.75) is 13.3 Å². The maximum atomic E-state index is 5.19. The number of halogens is 3. The van der Waals surface area contributed by atoms with Crippen LogP contribution in [0.3, 0.4) is 0 Å². The average Bonchev–Trinajstić information content (AvgIpc) is 1.69. The van der Waals surface area contributed by atoms with E-state index in [4.69, 9.17) is 34.1 Å². The van der Waals surface area contributed by atoms with Gasteiger partial charge in [0.25, 0.3) is 0 Å². The Kier molecular flexibility index (Phi) is 24.9. The zero-order chi connectivity index (χ0) is 6.12. The zero-order valence-electron chi connectivity index (χ0n) is 4.05. The summed E-state index contributed by atoms with van der Waals surface area (Å²) in [4.78, 5) is 0. The van der Waals surface area contributed by atoms with Crippen LogP contribution in [0.15, 0.2) is 0 Å². The van der Waals surface area contributed by atoms with Gasteiger partial charge in [-0.15, -0.1) is 11.6 Å². The molecule has 0 spiro atoms. The number of hydrogen-bond donors (Lipinski definition) is 0. The van der Waals surface area contributed by atoms with Gasteiger partial charge in [-0.05, 0) is 6.42 Å². The van der Waals surface area contributed by atoms with Crippen LogP contribution in [0.4, 0.5) is 0 Å². The van der Waals surface area contributed by atoms with Crippen molar-refractivity contribution in [2.75, 3.05) is 5.88 Å². The fraction of sp³-hybridized carbons (Fsp3) is 1.00. The molecule has 0 unspecified atom stereocenters. The van der Waals surface area contributed by atoms with Gasteiger partial charge in [-0.1, -0.05) is 29.4 Å². The molecule has 0 saturated carbocycles. The second-order valence-electron chi connectivity index (χ2n) is 0.760. The van der Waals surface area contributed by atoms with Crippen molar-refractivity contribution < 1.29 is 0 Å². The van der Waals surface area contributed by atoms with E-state index in [2.05, 4.69) is 0 Å². The Labute approximate surface area is 60.9 Å². The summed E-state index contributed by atoms with van der Waals surface area (Å²) in [5, 5.41) is 0. The summed E-state index contributed by atoms with van der Waals surface area (Å²) in [7, 11) is 0.0278. The standard InChI is InChI=1S/C3H7Cl.Cl2HP/c1-2-3-4;1-3-2/h2-3H2,1H3;3H. The van der Waals surface area contributed by atoms with Crippen LogP contribution in [-0.4, -0.2) is 5.88 Å². The van der Waals surface area contributed by atoms with Crippen LogP contribution in [0.2, 0.25) is 0 Å². The predicted octanol–water partition coefficient (Wildman–Crippen LogP) is 3.61. The summed E-state index contributed by atoms with van der Waals surface area (Å²) in [5.41, 5.74) is 0. The smallest absolute Gasteiger partial charge is 0.0713 e. The third-order valence-electron chi connectivity index (χ3n) is 0.189. The molecule has 0 fully saturated rings. The van der Waals surface area contributed by atoms with E-state index in [1.54, 1.807) is 0 Å². The van der Waals surface area contributed by atoms with Crippen molar-refractivity contribution in [2.24, 2.45) is 0 Å². The molecule has 0 bridgehead atoms. The predicted molar refractivity (Wildman–Crippen MR) is 41.0 cm³/mol. The zero-order valence-corrected chi connectivity index (χ0v) is 7.32. The molecule has 4 heteroatoms. The van der Waals surface area contributed by atoms with E-state index >= 15 is 0 Å². The van der Waals surface area contributed by atoms with Crippen LogP contribution in [0.1, 0.15) is 13.3 Å². The van der Waals surface area contributed by atoms with Gasteiger partial charge >= 0.3 is 0 Å². The lowest BCUT2D eigenvalue weighted by Crippen LogP contribution is -1.55. The largest absolute Gasteiger partial charge is 0.127 e. The van der Waals surface area contributed by atoms with Gasteiger partial charge in [0.15, 0.2) is 0 Å². The normalized spacial score (nSPS) is 6.86. The first kappa shape index (κ1) is 11.1. The summed E-state index contributed by atoms with van der Waals surface area (Å²) in [6.07, 6.45) is 1.08. The van der Waals surface area contributed by atoms with Crippen molar-refractivity contribution in [1.82, 2.24) is 0 Å². The monoisotopic (exact) mass is 180 g/mol. The molecule has 0 rings (SSSR count). The molecule has 0 radical (unpaired) electrons. The molecule has 0 heterocycles. The first-order valence-corrected chi connectivity index (χ1v) is 5.41. The molecule has 0 aliphatic carbocycles. The molecule has 0 atom stereocenters. The summed E-state index contributed by atoms with van der Waals surface area (Å²) >= 11 is 14.8. The van der Waals surface area contributed by atoms with Crippen molar-refractivity contribution in [3.63, 3.8) is 0 Å². The fourth-order valence-corrected chi connectivity index (χ4v) is 0. The lowest BCUT2D eigenvalue weighted by Gasteiger charge is -1.65. The Morgan fingerprint density at radius 1 is 1.43 bits per heavy atom. The topological polar surface area (TPSA) is 0 Å². The van der Waals surface area contributed by atoms with Gasteiger partial charge in [-0.2, -0.15) is 0 Å². The average molecular weight is 181 g/mol. The molecule has 0 aliphatic rings. The van der Waals surface area contributed by atoms with Gasteiger partial charge in [0.2, 0.25) is 0 Å². The maximum absolute atomic E-state index is 5.19. The van der Waals surface area contributed by atoms with Crippen LogP contribution < -0.4 is 0 Å². The molecule has 0 aromatic heterocycles. The minimum atomic E-state index is 0.0278. The highest BCUT2D eigenvalue weighted by molar-refractivity contribution is 7.90. The van der Waals surface area contributed by atoms with Crippen molar-refractivity contribution >= 4 is 41.4 Å². The Bertz CT molecular complexity index is 17.7. The van der Waals surface area contributed by atoms with E-state index < -0.39 is 0 Å². The van der Waals surface area contributed by atoms with E-state index in [1.165, 1.54) is 0 Å². The second kappa shape index (κ2) is 15.7. The van der Waals surface area contributed by atoms with E-state index in [1.807, 2.05) is 6.92 Å². The Hall–Kier alpha value is 1.30. The number of rotatable bonds is 1. The van der Waals surface area contributed by atoms with E-state index in [0.29, 0.717) is 0 Å². The molecule has 0 aromatic rings. The minimum Gasteiger partial charge on any atom is -0.127 e. The molecular formula is C3H8Cl3P. The summed E-state index contributed by atoms with van der Waals surface area (Å²) < 4.78 is 0. The second-order valence-corrected chi connectivity index (χ2v) is 3.00. The van der Waals surface area contributed by atoms with Gasteiger partial charge in [0, 0.05) is 5.88 Å². The van der Waals surface area contributed by atoms with Gasteiger partial charge in [-0.25, -0.2) is 0 Å². The van der Waals surface area contributed by atoms with Crippen molar-refractivity contribution in [1.29, 1.82) is 0 Å². The molecule has 0 amide bonds. The van der Waals surface area contributed by atoms with E-state index in [9.17, 15) is 0 Å². The summed E-state index contributed by atoms with van der Waals surface area (Å²) in [5.74, 6) is 0.792. The highest BCUT2D eigenvalue weighted by Gasteiger charge is 1.59. The van der Waals surface area contributed by atoms with Crippen LogP contribution in [-0.2, 0) is 0 Å². The van der Waals surface area contributed by atoms with Gasteiger partial charge in [-0.3, -0.25) is 0 Å². The SMILES string of the molecule is CCCCl.ClPCl. The summed E-state index contributed by atoms with van der Waals surface area (Å²) in [6.45, 7) is 2.05. The Morgan fingerprint density at radius 3 is 1.57 bits per heavy atom. The van der Waals surface area contributed by atoms with Crippen LogP contribution in [0.25, 0.3) is 0 Å². The molecule has 0 aromatic carbocycles. The van der Waals surface area contributed by atoms with Crippen molar-refractivity contribution in [3.05, 3.63) is 0 Å². The third kappa shape index (κ3) is 38.8. The molecule has 0 saturated heterocycles. The van der Waals surface area contributed by atoms with Gasteiger partial charge < -0.3 is 0 Å². The molecule has 7 heavy (non-hydrogen) atoms. The van der Waals surface area contributed by atoms with E-state index in [-0.39, 0.29) is 7.29 Å². The first-order chi connectivity index (χ1) is 3.33. The van der Waals surface area contributed by atoms with Crippen LogP contribution >= 0.6 is 41.4 Å². The number of hydrogen-bond acceptors (Lipinski definition) is 0. The Morgan fingerprint density at radius 2 is 1.57 bits per heavy atom. The minimum absolute atomic E-state index is 0.0278. The van der Waals surface area contributed by atoms with Crippen LogP contribution in [0, 0.1) is 0 Å². The molecule has 0 N–H and O–H groups in total. The quantitative estimate of drug-likeness (QED) is 0.428. The van der Waals surface area contributed by atoms with E-state index in [0.717, 1.165) is 12.3 Å².